The van der Waals surface area contributed by atoms with Crippen molar-refractivity contribution in [3.05, 3.63) is 18.0 Å². The molecule has 0 unspecified atom stereocenters. The molecule has 0 aliphatic carbocycles. The fourth-order valence-corrected chi connectivity index (χ4v) is 5.57. The Bertz CT molecular complexity index is 632. The smallest absolute Gasteiger partial charge is 0.276 e. The molecule has 3 rings (SSSR count). The molecule has 1 aromatic rings. The van der Waals surface area contributed by atoms with Crippen molar-refractivity contribution in [3.63, 3.8) is 0 Å². The van der Waals surface area contributed by atoms with E-state index in [0.717, 1.165) is 24.8 Å². The summed E-state index contributed by atoms with van der Waals surface area (Å²) in [7, 11) is -1.43. The van der Waals surface area contributed by atoms with Gasteiger partial charge in [0.2, 0.25) is 0 Å². The molecule has 0 N–H and O–H groups in total. The first-order chi connectivity index (χ1) is 10.3. The first-order valence-corrected chi connectivity index (χ1v) is 9.44. The van der Waals surface area contributed by atoms with E-state index in [9.17, 15) is 8.42 Å². The maximum Gasteiger partial charge on any atom is 0.282 e. The highest BCUT2D eigenvalue weighted by atomic mass is 32.2. The minimum atomic E-state index is -3.33. The van der Waals surface area contributed by atoms with Crippen molar-refractivity contribution in [2.75, 3.05) is 26.2 Å². The van der Waals surface area contributed by atoms with Gasteiger partial charge >= 0.3 is 0 Å². The Morgan fingerprint density at radius 2 is 1.86 bits per heavy atom. The van der Waals surface area contributed by atoms with Crippen LogP contribution in [-0.4, -0.2) is 53.0 Å². The van der Waals surface area contributed by atoms with E-state index in [0.29, 0.717) is 26.2 Å². The maximum atomic E-state index is 12.9. The van der Waals surface area contributed by atoms with Crippen molar-refractivity contribution in [1.29, 1.82) is 0 Å². The summed E-state index contributed by atoms with van der Waals surface area (Å²) in [5.74, 6) is 0.195. The lowest BCUT2D eigenvalue weighted by atomic mass is 9.79. The molecule has 0 spiro atoms. The number of aryl methyl sites for hydroxylation is 1. The van der Waals surface area contributed by atoms with E-state index in [1.165, 1.54) is 0 Å². The van der Waals surface area contributed by atoms with Gasteiger partial charge in [0.15, 0.2) is 0 Å². The van der Waals surface area contributed by atoms with Gasteiger partial charge in [0, 0.05) is 45.3 Å². The number of hydrogen-bond acceptors (Lipinski definition) is 3. The third-order valence-corrected chi connectivity index (χ3v) is 6.96. The molecular weight excluding hydrogens is 300 g/mol. The monoisotopic (exact) mass is 326 g/mol. The molecule has 7 heteroatoms. The van der Waals surface area contributed by atoms with Crippen LogP contribution in [-0.2, 0) is 17.3 Å². The molecule has 2 aliphatic heterocycles. The summed E-state index contributed by atoms with van der Waals surface area (Å²) < 4.78 is 30.9. The molecule has 0 radical (unpaired) electrons. The molecule has 0 bridgehead atoms. The summed E-state index contributed by atoms with van der Waals surface area (Å²) in [6, 6.07) is 0. The van der Waals surface area contributed by atoms with E-state index in [1.54, 1.807) is 13.3 Å². The molecule has 2 fully saturated rings. The van der Waals surface area contributed by atoms with Crippen LogP contribution in [0.4, 0.5) is 0 Å². The predicted molar refractivity (Wildman–Crippen MR) is 85.6 cm³/mol. The third kappa shape index (κ3) is 2.81. The third-order valence-electron chi connectivity index (χ3n) is 5.01. The Kier molecular flexibility index (Phi) is 4.07. The molecule has 1 atom stereocenters. The summed E-state index contributed by atoms with van der Waals surface area (Å²) in [6.45, 7) is 6.75. The highest BCUT2D eigenvalue weighted by Crippen LogP contribution is 2.43. The van der Waals surface area contributed by atoms with Crippen LogP contribution in [0.1, 0.15) is 44.6 Å². The Hall–Kier alpha value is -0.920. The predicted octanol–water partition coefficient (Wildman–Crippen LogP) is 1.58. The normalized spacial score (nSPS) is 27.3. The second-order valence-corrected chi connectivity index (χ2v) is 9.18. The molecule has 124 valence electrons. The van der Waals surface area contributed by atoms with E-state index < -0.39 is 10.2 Å². The van der Waals surface area contributed by atoms with Crippen LogP contribution in [0.2, 0.25) is 0 Å². The van der Waals surface area contributed by atoms with Gasteiger partial charge in [-0.1, -0.05) is 20.3 Å². The second kappa shape index (κ2) is 5.62. The van der Waals surface area contributed by atoms with Crippen LogP contribution in [0.3, 0.4) is 0 Å². The largest absolute Gasteiger partial charge is 0.282 e. The summed E-state index contributed by atoms with van der Waals surface area (Å²) in [6.07, 6.45) is 6.95. The van der Waals surface area contributed by atoms with Crippen LogP contribution in [0.15, 0.2) is 12.4 Å². The molecule has 6 nitrogen and oxygen atoms in total. The number of aromatic nitrogens is 2. The molecule has 2 saturated heterocycles. The van der Waals surface area contributed by atoms with Crippen molar-refractivity contribution in [1.82, 2.24) is 18.4 Å². The lowest BCUT2D eigenvalue weighted by Crippen LogP contribution is -2.45. The van der Waals surface area contributed by atoms with Crippen molar-refractivity contribution >= 4 is 10.2 Å². The highest BCUT2D eigenvalue weighted by Gasteiger charge is 2.46. The second-order valence-electron chi connectivity index (χ2n) is 7.25. The van der Waals surface area contributed by atoms with Crippen molar-refractivity contribution in [2.45, 2.75) is 39.0 Å². The molecular formula is C15H26N4O2S. The minimum Gasteiger partial charge on any atom is -0.276 e. The zero-order valence-corrected chi connectivity index (χ0v) is 14.5. The zero-order valence-electron chi connectivity index (χ0n) is 13.7. The number of nitrogens with zero attached hydrogens (tertiary/aromatic N) is 4. The summed E-state index contributed by atoms with van der Waals surface area (Å²) in [5.41, 5.74) is 1.05. The van der Waals surface area contributed by atoms with Crippen molar-refractivity contribution in [3.8, 4) is 0 Å². The standard InChI is InChI=1S/C15H26N4O2S/c1-15(2)12-19(11-14(15)13-9-16-17(3)10-13)22(20,21)18-7-5-4-6-8-18/h9-10,14H,4-8,11-12H2,1-3H3/t14-/m0/s1. The Labute approximate surface area is 133 Å². The Morgan fingerprint density at radius 1 is 1.18 bits per heavy atom. The van der Waals surface area contributed by atoms with Gasteiger partial charge < -0.3 is 0 Å². The van der Waals surface area contributed by atoms with E-state index in [1.807, 2.05) is 19.4 Å². The van der Waals surface area contributed by atoms with Gasteiger partial charge in [0.25, 0.3) is 10.2 Å². The lowest BCUT2D eigenvalue weighted by molar-refractivity contribution is 0.303. The van der Waals surface area contributed by atoms with Crippen LogP contribution in [0.25, 0.3) is 0 Å². The first-order valence-electron chi connectivity index (χ1n) is 8.04. The molecule has 22 heavy (non-hydrogen) atoms. The Balaban J connectivity index is 1.82. The summed E-state index contributed by atoms with van der Waals surface area (Å²) >= 11 is 0. The average Bonchev–Trinajstić information content (AvgIpc) is 3.03. The van der Waals surface area contributed by atoms with Crippen LogP contribution < -0.4 is 0 Å². The van der Waals surface area contributed by atoms with E-state index in [4.69, 9.17) is 0 Å². The van der Waals surface area contributed by atoms with Gasteiger partial charge in [-0.3, -0.25) is 4.68 Å². The maximum absolute atomic E-state index is 12.9. The summed E-state index contributed by atoms with van der Waals surface area (Å²) in [4.78, 5) is 0. The SMILES string of the molecule is Cn1cc([C@@H]2CN(S(=O)(=O)N3CCCCC3)CC2(C)C)cn1. The molecule has 2 aliphatic rings. The highest BCUT2D eigenvalue weighted by molar-refractivity contribution is 7.86. The fraction of sp³-hybridized carbons (Fsp3) is 0.800. The van der Waals surface area contributed by atoms with Crippen molar-refractivity contribution < 1.29 is 8.42 Å². The van der Waals surface area contributed by atoms with E-state index in [2.05, 4.69) is 18.9 Å². The van der Waals surface area contributed by atoms with Gasteiger partial charge in [-0.25, -0.2) is 0 Å². The van der Waals surface area contributed by atoms with Gasteiger partial charge in [0.1, 0.15) is 0 Å². The summed E-state index contributed by atoms with van der Waals surface area (Å²) in [5, 5.41) is 4.24. The Morgan fingerprint density at radius 3 is 2.45 bits per heavy atom. The van der Waals surface area contributed by atoms with Gasteiger partial charge in [-0.15, -0.1) is 0 Å². The number of rotatable bonds is 3. The van der Waals surface area contributed by atoms with E-state index in [-0.39, 0.29) is 11.3 Å². The first kappa shape index (κ1) is 16.0. The fourth-order valence-electron chi connectivity index (χ4n) is 3.69. The minimum absolute atomic E-state index is 0.0775. The molecule has 0 aromatic carbocycles. The van der Waals surface area contributed by atoms with Crippen LogP contribution in [0, 0.1) is 5.41 Å². The molecule has 0 saturated carbocycles. The zero-order chi connectivity index (χ0) is 16.0. The molecule has 0 amide bonds. The quantitative estimate of drug-likeness (QED) is 0.847. The lowest BCUT2D eigenvalue weighted by Gasteiger charge is -2.30. The topological polar surface area (TPSA) is 58.4 Å². The average molecular weight is 326 g/mol. The number of hydrogen-bond donors (Lipinski definition) is 0. The van der Waals surface area contributed by atoms with Gasteiger partial charge in [-0.05, 0) is 23.8 Å². The van der Waals surface area contributed by atoms with Crippen molar-refractivity contribution in [2.24, 2.45) is 12.5 Å². The molecule has 3 heterocycles. The van der Waals surface area contributed by atoms with Gasteiger partial charge in [0.05, 0.1) is 6.20 Å². The number of piperidine rings is 1. The van der Waals surface area contributed by atoms with Crippen LogP contribution in [0.5, 0.6) is 0 Å². The van der Waals surface area contributed by atoms with Gasteiger partial charge in [-0.2, -0.15) is 22.1 Å². The van der Waals surface area contributed by atoms with E-state index >= 15 is 0 Å². The van der Waals surface area contributed by atoms with Crippen LogP contribution >= 0.6 is 0 Å². The molecule has 1 aromatic heterocycles.